The fourth-order valence-electron chi connectivity index (χ4n) is 2.75. The van der Waals surface area contributed by atoms with Gasteiger partial charge in [0.15, 0.2) is 0 Å². The number of benzene rings is 1. The number of hydrogen-bond acceptors (Lipinski definition) is 1. The van der Waals surface area contributed by atoms with E-state index < -0.39 is 0 Å². The van der Waals surface area contributed by atoms with Crippen LogP contribution in [0, 0.1) is 11.8 Å². The minimum Gasteiger partial charge on any atom is -0.126 e. The van der Waals surface area contributed by atoms with Crippen molar-refractivity contribution in [3.63, 3.8) is 0 Å². The van der Waals surface area contributed by atoms with Crippen molar-refractivity contribution in [3.8, 4) is 0 Å². The van der Waals surface area contributed by atoms with Crippen LogP contribution < -0.4 is 0 Å². The molecule has 0 aromatic heterocycles. The maximum absolute atomic E-state index is 3.90. The maximum Gasteiger partial charge on any atom is 0.00720 e. The van der Waals surface area contributed by atoms with Crippen LogP contribution in [0.4, 0.5) is 0 Å². The fraction of sp³-hybridized carbons (Fsp3) is 0.500. The van der Waals surface area contributed by atoms with Crippen molar-refractivity contribution in [2.24, 2.45) is 11.8 Å². The molecule has 1 fully saturated rings. The Kier molecular flexibility index (Phi) is 5.18. The molecule has 0 nitrogen and oxygen atoms in total. The Hall–Kier alpha value is -0.690. The highest BCUT2D eigenvalue weighted by Crippen LogP contribution is 2.36. The third-order valence-corrected chi connectivity index (χ3v) is 4.94. The summed E-state index contributed by atoms with van der Waals surface area (Å²) >= 11 is 2.02. The first kappa shape index (κ1) is 12.8. The third-order valence-electron chi connectivity index (χ3n) is 3.74. The molecular formula is C16H22S. The van der Waals surface area contributed by atoms with E-state index in [1.54, 1.807) is 0 Å². The summed E-state index contributed by atoms with van der Waals surface area (Å²) in [4.78, 5) is 1.41. The van der Waals surface area contributed by atoms with Gasteiger partial charge in [-0.15, -0.1) is 18.3 Å². The summed E-state index contributed by atoms with van der Waals surface area (Å²) < 4.78 is 0. The van der Waals surface area contributed by atoms with Crippen LogP contribution in [0.1, 0.15) is 32.1 Å². The summed E-state index contributed by atoms with van der Waals surface area (Å²) in [6, 6.07) is 10.8. The van der Waals surface area contributed by atoms with Crippen molar-refractivity contribution in [1.29, 1.82) is 0 Å². The summed E-state index contributed by atoms with van der Waals surface area (Å²) in [6.45, 7) is 3.90. The van der Waals surface area contributed by atoms with Crippen molar-refractivity contribution in [1.82, 2.24) is 0 Å². The lowest BCUT2D eigenvalue weighted by Gasteiger charge is -2.30. The van der Waals surface area contributed by atoms with Gasteiger partial charge in [-0.25, -0.2) is 0 Å². The van der Waals surface area contributed by atoms with E-state index in [-0.39, 0.29) is 0 Å². The topological polar surface area (TPSA) is 0 Å². The van der Waals surface area contributed by atoms with Crippen molar-refractivity contribution in [3.05, 3.63) is 43.0 Å². The van der Waals surface area contributed by atoms with Crippen LogP contribution in [0.15, 0.2) is 47.9 Å². The quantitative estimate of drug-likeness (QED) is 0.511. The van der Waals surface area contributed by atoms with Crippen LogP contribution in [0.25, 0.3) is 0 Å². The highest BCUT2D eigenvalue weighted by Gasteiger charge is 2.23. The Balaban J connectivity index is 1.86. The zero-order valence-electron chi connectivity index (χ0n) is 10.5. The smallest absolute Gasteiger partial charge is 0.00720 e. The Morgan fingerprint density at radius 1 is 1.12 bits per heavy atom. The molecule has 2 rings (SSSR count). The van der Waals surface area contributed by atoms with Gasteiger partial charge in [0.25, 0.3) is 0 Å². The van der Waals surface area contributed by atoms with E-state index >= 15 is 0 Å². The molecule has 0 saturated heterocycles. The highest BCUT2D eigenvalue weighted by molar-refractivity contribution is 7.99. The average Bonchev–Trinajstić information content (AvgIpc) is 2.39. The van der Waals surface area contributed by atoms with Crippen LogP contribution >= 0.6 is 11.8 Å². The number of thioether (sulfide) groups is 1. The van der Waals surface area contributed by atoms with Crippen LogP contribution in [0.5, 0.6) is 0 Å². The molecule has 1 aromatic carbocycles. The van der Waals surface area contributed by atoms with E-state index in [2.05, 4.69) is 43.0 Å². The Morgan fingerprint density at radius 2 is 1.82 bits per heavy atom. The van der Waals surface area contributed by atoms with Crippen molar-refractivity contribution < 1.29 is 0 Å². The summed E-state index contributed by atoms with van der Waals surface area (Å²) in [6.07, 6.45) is 8.99. The van der Waals surface area contributed by atoms with Crippen molar-refractivity contribution in [2.75, 3.05) is 5.75 Å². The van der Waals surface area contributed by atoms with Gasteiger partial charge in [-0.3, -0.25) is 0 Å². The zero-order chi connectivity index (χ0) is 11.9. The van der Waals surface area contributed by atoms with E-state index in [4.69, 9.17) is 0 Å². The molecule has 92 valence electrons. The van der Waals surface area contributed by atoms with Gasteiger partial charge in [-0.1, -0.05) is 37.1 Å². The second-order valence-corrected chi connectivity index (χ2v) is 6.05. The van der Waals surface area contributed by atoms with Gasteiger partial charge in [0.2, 0.25) is 0 Å². The Bertz CT molecular complexity index is 331. The van der Waals surface area contributed by atoms with Crippen LogP contribution in [0.2, 0.25) is 0 Å². The van der Waals surface area contributed by atoms with Crippen LogP contribution in [-0.4, -0.2) is 5.75 Å². The lowest BCUT2D eigenvalue weighted by Crippen LogP contribution is -2.21. The van der Waals surface area contributed by atoms with Gasteiger partial charge < -0.3 is 0 Å². The average molecular weight is 246 g/mol. The molecule has 0 radical (unpaired) electrons. The molecule has 17 heavy (non-hydrogen) atoms. The summed E-state index contributed by atoms with van der Waals surface area (Å²) in [5.41, 5.74) is 0. The molecule has 1 aromatic rings. The first-order valence-corrected chi connectivity index (χ1v) is 7.67. The molecule has 0 aliphatic heterocycles. The van der Waals surface area contributed by atoms with E-state index in [0.717, 1.165) is 11.8 Å². The molecule has 1 saturated carbocycles. The summed E-state index contributed by atoms with van der Waals surface area (Å²) in [5, 5.41) is 0. The molecule has 1 heteroatoms. The molecule has 0 amide bonds. The monoisotopic (exact) mass is 246 g/mol. The van der Waals surface area contributed by atoms with E-state index in [1.807, 2.05) is 11.8 Å². The van der Waals surface area contributed by atoms with Crippen LogP contribution in [-0.2, 0) is 0 Å². The molecule has 1 aliphatic carbocycles. The van der Waals surface area contributed by atoms with Gasteiger partial charge in [-0.05, 0) is 43.2 Å². The predicted octanol–water partition coefficient (Wildman–Crippen LogP) is 5.16. The number of rotatable bonds is 5. The second-order valence-electron chi connectivity index (χ2n) is 4.95. The molecule has 1 aliphatic rings. The predicted molar refractivity (Wildman–Crippen MR) is 77.4 cm³/mol. The van der Waals surface area contributed by atoms with E-state index in [9.17, 15) is 0 Å². The lowest BCUT2D eigenvalue weighted by molar-refractivity contribution is 0.263. The molecule has 0 N–H and O–H groups in total. The minimum atomic E-state index is 0.887. The number of allylic oxidation sites excluding steroid dienone is 1. The van der Waals surface area contributed by atoms with E-state index in [1.165, 1.54) is 42.8 Å². The van der Waals surface area contributed by atoms with Gasteiger partial charge in [-0.2, -0.15) is 0 Å². The van der Waals surface area contributed by atoms with E-state index in [0.29, 0.717) is 0 Å². The SMILES string of the molecule is C=CC[C@H]1CCCC[C@H]1CSc1ccccc1. The molecule has 0 unspecified atom stereocenters. The Morgan fingerprint density at radius 3 is 2.53 bits per heavy atom. The van der Waals surface area contributed by atoms with Gasteiger partial charge in [0.1, 0.15) is 0 Å². The largest absolute Gasteiger partial charge is 0.126 e. The van der Waals surface area contributed by atoms with Gasteiger partial charge in [0, 0.05) is 10.6 Å². The molecule has 0 heterocycles. The summed E-state index contributed by atoms with van der Waals surface area (Å²) in [7, 11) is 0. The highest BCUT2D eigenvalue weighted by atomic mass is 32.2. The first-order chi connectivity index (χ1) is 8.40. The van der Waals surface area contributed by atoms with Crippen molar-refractivity contribution in [2.45, 2.75) is 37.0 Å². The van der Waals surface area contributed by atoms with Crippen LogP contribution in [0.3, 0.4) is 0 Å². The zero-order valence-corrected chi connectivity index (χ0v) is 11.3. The first-order valence-electron chi connectivity index (χ1n) is 6.69. The van der Waals surface area contributed by atoms with Crippen molar-refractivity contribution >= 4 is 11.8 Å². The molecule has 2 atom stereocenters. The minimum absolute atomic E-state index is 0.887. The van der Waals surface area contributed by atoms with Gasteiger partial charge in [0.05, 0.1) is 0 Å². The van der Waals surface area contributed by atoms with Gasteiger partial charge >= 0.3 is 0 Å². The normalized spacial score (nSPS) is 24.5. The molecule has 0 spiro atoms. The summed E-state index contributed by atoms with van der Waals surface area (Å²) in [5.74, 6) is 3.06. The standard InChI is InChI=1S/C16H22S/c1-2-8-14-9-6-7-10-15(14)13-17-16-11-4-3-5-12-16/h2-5,11-12,14-15H,1,6-10,13H2/t14-,15-/m0/s1. The Labute approximate surface area is 110 Å². The maximum atomic E-state index is 3.90. The molecule has 0 bridgehead atoms. The molecular weight excluding hydrogens is 224 g/mol. The lowest BCUT2D eigenvalue weighted by atomic mass is 9.78. The fourth-order valence-corrected chi connectivity index (χ4v) is 3.94. The second kappa shape index (κ2) is 6.90. The third kappa shape index (κ3) is 3.92. The number of hydrogen-bond donors (Lipinski definition) is 0.